The molecule has 0 saturated carbocycles. The van der Waals surface area contributed by atoms with Crippen LogP contribution in [0.3, 0.4) is 0 Å². The fourth-order valence-corrected chi connectivity index (χ4v) is 2.67. The topological polar surface area (TPSA) is 50.8 Å². The third-order valence-electron chi connectivity index (χ3n) is 3.53. The van der Waals surface area contributed by atoms with Gasteiger partial charge in [-0.25, -0.2) is 4.98 Å². The second-order valence-electron chi connectivity index (χ2n) is 4.96. The number of benzene rings is 1. The van der Waals surface area contributed by atoms with E-state index in [1.807, 2.05) is 18.2 Å². The standard InChI is InChI=1S/C16H20ClN3O/c1-21-11-4-2-3-10-20-14-7-5-6-13(12-18)16(14)19-15(20)8-9-17/h5-7H,2-4,8-11H2,1H3. The number of fused-ring (bicyclic) bond motifs is 1. The van der Waals surface area contributed by atoms with Gasteiger partial charge in [0, 0.05) is 32.6 Å². The van der Waals surface area contributed by atoms with E-state index in [1.165, 1.54) is 0 Å². The molecule has 0 bridgehead atoms. The number of hydrogen-bond donors (Lipinski definition) is 0. The molecule has 0 spiro atoms. The Morgan fingerprint density at radius 2 is 2.19 bits per heavy atom. The van der Waals surface area contributed by atoms with Crippen LogP contribution in [-0.2, 0) is 17.7 Å². The molecule has 112 valence electrons. The second-order valence-corrected chi connectivity index (χ2v) is 5.34. The van der Waals surface area contributed by atoms with Gasteiger partial charge >= 0.3 is 0 Å². The number of halogens is 1. The molecule has 5 heteroatoms. The second kappa shape index (κ2) is 8.02. The monoisotopic (exact) mass is 305 g/mol. The first kappa shape index (κ1) is 15.8. The van der Waals surface area contributed by atoms with Crippen LogP contribution in [-0.4, -0.2) is 29.1 Å². The van der Waals surface area contributed by atoms with Crippen molar-refractivity contribution in [2.24, 2.45) is 0 Å². The number of aromatic nitrogens is 2. The van der Waals surface area contributed by atoms with E-state index in [0.717, 1.165) is 55.7 Å². The van der Waals surface area contributed by atoms with Gasteiger partial charge < -0.3 is 9.30 Å². The summed E-state index contributed by atoms with van der Waals surface area (Å²) in [4.78, 5) is 4.62. The minimum Gasteiger partial charge on any atom is -0.385 e. The molecule has 0 radical (unpaired) electrons. The van der Waals surface area contributed by atoms with E-state index in [1.54, 1.807) is 7.11 Å². The average molecular weight is 306 g/mol. The summed E-state index contributed by atoms with van der Waals surface area (Å²) in [5.41, 5.74) is 2.44. The number of methoxy groups -OCH3 is 1. The van der Waals surface area contributed by atoms with E-state index < -0.39 is 0 Å². The molecule has 0 aliphatic carbocycles. The van der Waals surface area contributed by atoms with Gasteiger partial charge in [-0.3, -0.25) is 0 Å². The fourth-order valence-electron chi connectivity index (χ4n) is 2.50. The zero-order valence-corrected chi connectivity index (χ0v) is 13.1. The largest absolute Gasteiger partial charge is 0.385 e. The summed E-state index contributed by atoms with van der Waals surface area (Å²) in [5.74, 6) is 1.50. The number of rotatable bonds is 8. The fraction of sp³-hybridized carbons (Fsp3) is 0.500. The highest BCUT2D eigenvalue weighted by atomic mass is 35.5. The SMILES string of the molecule is COCCCCCn1c(CCCl)nc2c(C#N)cccc21. The van der Waals surface area contributed by atoms with E-state index in [0.29, 0.717) is 11.4 Å². The normalized spacial score (nSPS) is 10.9. The molecular weight excluding hydrogens is 286 g/mol. The molecule has 21 heavy (non-hydrogen) atoms. The predicted molar refractivity (Wildman–Crippen MR) is 84.6 cm³/mol. The van der Waals surface area contributed by atoms with E-state index in [9.17, 15) is 5.26 Å². The molecule has 1 aromatic carbocycles. The van der Waals surface area contributed by atoms with Crippen LogP contribution >= 0.6 is 11.6 Å². The molecular formula is C16H20ClN3O. The van der Waals surface area contributed by atoms with Gasteiger partial charge in [0.1, 0.15) is 17.4 Å². The lowest BCUT2D eigenvalue weighted by atomic mass is 10.2. The number of para-hydroxylation sites is 1. The number of nitrogens with zero attached hydrogens (tertiary/aromatic N) is 3. The molecule has 1 heterocycles. The van der Waals surface area contributed by atoms with Crippen molar-refractivity contribution in [1.82, 2.24) is 9.55 Å². The van der Waals surface area contributed by atoms with Crippen LogP contribution < -0.4 is 0 Å². The molecule has 2 rings (SSSR count). The molecule has 0 N–H and O–H groups in total. The third-order valence-corrected chi connectivity index (χ3v) is 3.72. The van der Waals surface area contributed by atoms with Gasteiger partial charge in [-0.15, -0.1) is 11.6 Å². The lowest BCUT2D eigenvalue weighted by Crippen LogP contribution is -2.05. The van der Waals surface area contributed by atoms with Crippen molar-refractivity contribution >= 4 is 22.6 Å². The number of unbranched alkanes of at least 4 members (excludes halogenated alkanes) is 2. The molecule has 1 aromatic heterocycles. The summed E-state index contributed by atoms with van der Waals surface area (Å²) < 4.78 is 7.27. The van der Waals surface area contributed by atoms with Crippen LogP contribution in [0.2, 0.25) is 0 Å². The van der Waals surface area contributed by atoms with E-state index in [-0.39, 0.29) is 0 Å². The summed E-state index contributed by atoms with van der Waals surface area (Å²) in [7, 11) is 1.73. The minimum atomic E-state index is 0.537. The van der Waals surface area contributed by atoms with Crippen LogP contribution in [0, 0.1) is 11.3 Å². The number of aryl methyl sites for hydroxylation is 2. The van der Waals surface area contributed by atoms with Crippen molar-refractivity contribution in [1.29, 1.82) is 5.26 Å². The Balaban J connectivity index is 2.23. The molecule has 0 saturated heterocycles. The van der Waals surface area contributed by atoms with Crippen LogP contribution in [0.4, 0.5) is 0 Å². The predicted octanol–water partition coefficient (Wildman–Crippen LogP) is 3.51. The Bertz CT molecular complexity index is 630. The lowest BCUT2D eigenvalue weighted by Gasteiger charge is -2.08. The number of alkyl halides is 1. The summed E-state index contributed by atoms with van der Waals surface area (Å²) in [6, 6.07) is 7.95. The van der Waals surface area contributed by atoms with Gasteiger partial charge in [0.15, 0.2) is 0 Å². The highest BCUT2D eigenvalue weighted by Gasteiger charge is 2.12. The van der Waals surface area contributed by atoms with E-state index >= 15 is 0 Å². The van der Waals surface area contributed by atoms with E-state index in [4.69, 9.17) is 16.3 Å². The van der Waals surface area contributed by atoms with Crippen molar-refractivity contribution < 1.29 is 4.74 Å². The number of imidazole rings is 1. The first-order valence-electron chi connectivity index (χ1n) is 7.25. The van der Waals surface area contributed by atoms with Crippen LogP contribution in [0.15, 0.2) is 18.2 Å². The number of ether oxygens (including phenoxy) is 1. The van der Waals surface area contributed by atoms with Gasteiger partial charge in [0.05, 0.1) is 11.1 Å². The summed E-state index contributed by atoms with van der Waals surface area (Å²) in [6.45, 7) is 1.71. The van der Waals surface area contributed by atoms with Gasteiger partial charge in [-0.05, 0) is 31.4 Å². The Labute approximate surface area is 130 Å². The smallest absolute Gasteiger partial charge is 0.111 e. The van der Waals surface area contributed by atoms with Crippen molar-refractivity contribution in [3.05, 3.63) is 29.6 Å². The molecule has 4 nitrogen and oxygen atoms in total. The molecule has 0 amide bonds. The third kappa shape index (κ3) is 3.75. The first-order chi connectivity index (χ1) is 10.3. The van der Waals surface area contributed by atoms with Crippen molar-refractivity contribution in [3.63, 3.8) is 0 Å². The quantitative estimate of drug-likeness (QED) is 0.554. The Morgan fingerprint density at radius 3 is 2.90 bits per heavy atom. The molecule has 0 aliphatic rings. The van der Waals surface area contributed by atoms with Crippen molar-refractivity contribution in [2.75, 3.05) is 19.6 Å². The molecule has 0 atom stereocenters. The average Bonchev–Trinajstić information content (AvgIpc) is 2.85. The van der Waals surface area contributed by atoms with Crippen molar-refractivity contribution in [2.45, 2.75) is 32.2 Å². The van der Waals surface area contributed by atoms with Crippen LogP contribution in [0.1, 0.15) is 30.7 Å². The molecule has 0 unspecified atom stereocenters. The van der Waals surface area contributed by atoms with Gasteiger partial charge in [0.2, 0.25) is 0 Å². The van der Waals surface area contributed by atoms with Crippen LogP contribution in [0.5, 0.6) is 0 Å². The summed E-state index contributed by atoms with van der Waals surface area (Å²) in [5, 5.41) is 9.20. The summed E-state index contributed by atoms with van der Waals surface area (Å²) >= 11 is 5.88. The minimum absolute atomic E-state index is 0.537. The zero-order chi connectivity index (χ0) is 15.1. The molecule has 2 aromatic rings. The van der Waals surface area contributed by atoms with Gasteiger partial charge in [-0.2, -0.15) is 5.26 Å². The van der Waals surface area contributed by atoms with Gasteiger partial charge in [0.25, 0.3) is 0 Å². The first-order valence-corrected chi connectivity index (χ1v) is 7.78. The van der Waals surface area contributed by atoms with Crippen LogP contribution in [0.25, 0.3) is 11.0 Å². The van der Waals surface area contributed by atoms with Crippen molar-refractivity contribution in [3.8, 4) is 6.07 Å². The zero-order valence-electron chi connectivity index (χ0n) is 12.3. The maximum Gasteiger partial charge on any atom is 0.111 e. The number of nitriles is 1. The number of hydrogen-bond acceptors (Lipinski definition) is 3. The lowest BCUT2D eigenvalue weighted by molar-refractivity contribution is 0.191. The molecule has 0 aliphatic heterocycles. The summed E-state index contributed by atoms with van der Waals surface area (Å²) in [6.07, 6.45) is 3.98. The maximum atomic E-state index is 9.20. The maximum absolute atomic E-state index is 9.20. The van der Waals surface area contributed by atoms with Gasteiger partial charge in [-0.1, -0.05) is 6.07 Å². The Morgan fingerprint density at radius 1 is 1.33 bits per heavy atom. The van der Waals surface area contributed by atoms with E-state index in [2.05, 4.69) is 15.6 Å². The Kier molecular flexibility index (Phi) is 6.04. The highest BCUT2D eigenvalue weighted by molar-refractivity contribution is 6.17. The highest BCUT2D eigenvalue weighted by Crippen LogP contribution is 2.21. The molecule has 0 fully saturated rings. The Hall–Kier alpha value is -1.57.